The second-order valence-corrected chi connectivity index (χ2v) is 6.05. The Hall–Kier alpha value is -2.04. The number of hydrogen-bond donors (Lipinski definition) is 1. The Balaban J connectivity index is 2.08. The van der Waals surface area contributed by atoms with Crippen LogP contribution < -0.4 is 0 Å². The minimum Gasteiger partial charge on any atom is -0.346 e. The van der Waals surface area contributed by atoms with Gasteiger partial charge in [0.15, 0.2) is 0 Å². The number of aromatic nitrogens is 2. The van der Waals surface area contributed by atoms with Crippen molar-refractivity contribution in [2.24, 2.45) is 0 Å². The molecule has 2 nitrogen and oxygen atoms in total. The lowest BCUT2D eigenvalue weighted by Crippen LogP contribution is -1.84. The summed E-state index contributed by atoms with van der Waals surface area (Å²) in [5.41, 5.74) is 3.19. The molecule has 20 heavy (non-hydrogen) atoms. The van der Waals surface area contributed by atoms with E-state index in [4.69, 9.17) is 17.2 Å². The fourth-order valence-corrected chi connectivity index (χ4v) is 3.59. The molecule has 0 amide bonds. The Morgan fingerprint density at radius 2 is 1.80 bits per heavy atom. The summed E-state index contributed by atoms with van der Waals surface area (Å²) >= 11 is 7.03. The molecule has 0 aliphatic rings. The molecule has 0 saturated heterocycles. The molecular weight excluding hydrogens is 284 g/mol. The van der Waals surface area contributed by atoms with Gasteiger partial charge in [0.05, 0.1) is 10.2 Å². The minimum absolute atomic E-state index is 0.734. The number of aromatic amines is 1. The number of fused-ring (bicyclic) bond motifs is 2. The highest BCUT2D eigenvalue weighted by Crippen LogP contribution is 2.33. The highest BCUT2D eigenvalue weighted by Gasteiger charge is 2.09. The van der Waals surface area contributed by atoms with Crippen molar-refractivity contribution in [2.45, 2.75) is 0 Å². The van der Waals surface area contributed by atoms with E-state index in [9.17, 15) is 0 Å². The van der Waals surface area contributed by atoms with Crippen LogP contribution in [0.3, 0.4) is 0 Å². The maximum atomic E-state index is 5.33. The number of hydrogen-bond acceptors (Lipinski definition) is 3. The number of pyridine rings is 1. The number of nitrogens with one attached hydrogen (secondary N) is 1. The Morgan fingerprint density at radius 3 is 2.70 bits per heavy atom. The van der Waals surface area contributed by atoms with Crippen LogP contribution in [0.1, 0.15) is 0 Å². The summed E-state index contributed by atoms with van der Waals surface area (Å²) in [6, 6.07) is 18.4. The minimum atomic E-state index is 0.734. The predicted octanol–water partition coefficient (Wildman–Crippen LogP) is 5.17. The zero-order valence-corrected chi connectivity index (χ0v) is 12.1. The molecule has 0 aliphatic carbocycles. The zero-order chi connectivity index (χ0) is 13.5. The van der Waals surface area contributed by atoms with Crippen molar-refractivity contribution in [1.29, 1.82) is 0 Å². The normalized spacial score (nSPS) is 11.2. The van der Waals surface area contributed by atoms with Crippen molar-refractivity contribution >= 4 is 44.7 Å². The Kier molecular flexibility index (Phi) is 2.65. The highest BCUT2D eigenvalue weighted by atomic mass is 32.1. The second kappa shape index (κ2) is 4.51. The molecule has 0 aliphatic heterocycles. The average molecular weight is 294 g/mol. The van der Waals surface area contributed by atoms with Gasteiger partial charge in [-0.3, -0.25) is 0 Å². The zero-order valence-electron chi connectivity index (χ0n) is 10.5. The molecule has 0 spiro atoms. The molecule has 0 fully saturated rings. The van der Waals surface area contributed by atoms with Gasteiger partial charge in [-0.25, -0.2) is 4.98 Å². The van der Waals surface area contributed by atoms with E-state index in [0.29, 0.717) is 0 Å². The summed E-state index contributed by atoms with van der Waals surface area (Å²) < 4.78 is 1.93. The molecule has 0 bridgehead atoms. The molecular formula is C16H10N2S2. The van der Waals surface area contributed by atoms with Gasteiger partial charge in [0, 0.05) is 16.5 Å². The maximum absolute atomic E-state index is 5.33. The van der Waals surface area contributed by atoms with Gasteiger partial charge in [0.1, 0.15) is 9.65 Å². The molecule has 0 radical (unpaired) electrons. The number of H-pyrrole nitrogens is 1. The third-order valence-corrected chi connectivity index (χ3v) is 4.56. The highest BCUT2D eigenvalue weighted by molar-refractivity contribution is 7.71. The van der Waals surface area contributed by atoms with Crippen LogP contribution in [0.15, 0.2) is 54.6 Å². The Morgan fingerprint density at radius 1 is 1.00 bits per heavy atom. The third kappa shape index (κ3) is 1.85. The first-order valence-electron chi connectivity index (χ1n) is 6.29. The molecule has 0 atom stereocenters. The van der Waals surface area contributed by atoms with Gasteiger partial charge in [0.2, 0.25) is 0 Å². The van der Waals surface area contributed by atoms with Crippen LogP contribution in [-0.4, -0.2) is 9.97 Å². The maximum Gasteiger partial charge on any atom is 0.125 e. The number of para-hydroxylation sites is 2. The van der Waals surface area contributed by atoms with Crippen molar-refractivity contribution in [1.82, 2.24) is 9.97 Å². The van der Waals surface area contributed by atoms with E-state index in [1.54, 1.807) is 11.3 Å². The molecule has 0 unspecified atom stereocenters. The van der Waals surface area contributed by atoms with E-state index in [1.807, 2.05) is 42.5 Å². The van der Waals surface area contributed by atoms with Gasteiger partial charge in [-0.05, 0) is 24.3 Å². The number of benzene rings is 2. The van der Waals surface area contributed by atoms with Crippen molar-refractivity contribution in [3.63, 3.8) is 0 Å². The lowest BCUT2D eigenvalue weighted by Gasteiger charge is -2.03. The number of rotatable bonds is 1. The molecule has 1 N–H and O–H groups in total. The van der Waals surface area contributed by atoms with Gasteiger partial charge >= 0.3 is 0 Å². The van der Waals surface area contributed by atoms with Gasteiger partial charge in [-0.15, -0.1) is 11.3 Å². The largest absolute Gasteiger partial charge is 0.346 e. The van der Waals surface area contributed by atoms with Crippen LogP contribution in [0.4, 0.5) is 0 Å². The van der Waals surface area contributed by atoms with Crippen LogP contribution >= 0.6 is 23.6 Å². The molecule has 96 valence electrons. The summed E-state index contributed by atoms with van der Waals surface area (Å²) in [6.45, 7) is 0. The Bertz CT molecular complexity index is 949. The van der Waals surface area contributed by atoms with E-state index in [2.05, 4.69) is 17.1 Å². The quantitative estimate of drug-likeness (QED) is 0.490. The first kappa shape index (κ1) is 11.8. The van der Waals surface area contributed by atoms with Crippen molar-refractivity contribution in [2.75, 3.05) is 0 Å². The van der Waals surface area contributed by atoms with Crippen LogP contribution in [-0.2, 0) is 0 Å². The van der Waals surface area contributed by atoms with Gasteiger partial charge in [-0.2, -0.15) is 0 Å². The smallest absolute Gasteiger partial charge is 0.125 e. The SMILES string of the molecule is S=c1cc(-c2nc3ccccc3s2)c2ccccc2[nH]1. The van der Waals surface area contributed by atoms with E-state index >= 15 is 0 Å². The van der Waals surface area contributed by atoms with Crippen molar-refractivity contribution in [3.8, 4) is 10.6 Å². The second-order valence-electron chi connectivity index (χ2n) is 4.58. The Labute approximate surface area is 124 Å². The summed E-state index contributed by atoms with van der Waals surface area (Å²) in [5, 5.41) is 2.17. The summed E-state index contributed by atoms with van der Waals surface area (Å²) in [6.07, 6.45) is 0. The molecule has 2 heterocycles. The molecule has 2 aromatic carbocycles. The lowest BCUT2D eigenvalue weighted by molar-refractivity contribution is 1.37. The monoisotopic (exact) mass is 294 g/mol. The van der Waals surface area contributed by atoms with Crippen LogP contribution in [0, 0.1) is 4.64 Å². The molecule has 0 saturated carbocycles. The summed E-state index contributed by atoms with van der Waals surface area (Å²) in [7, 11) is 0. The van der Waals surface area contributed by atoms with E-state index in [-0.39, 0.29) is 0 Å². The fourth-order valence-electron chi connectivity index (χ4n) is 2.37. The van der Waals surface area contributed by atoms with Crippen LogP contribution in [0.2, 0.25) is 0 Å². The van der Waals surface area contributed by atoms with Gasteiger partial charge in [0.25, 0.3) is 0 Å². The first-order valence-corrected chi connectivity index (χ1v) is 7.52. The molecule has 4 aromatic rings. The number of thiazole rings is 1. The van der Waals surface area contributed by atoms with Crippen molar-refractivity contribution in [3.05, 3.63) is 59.2 Å². The van der Waals surface area contributed by atoms with Crippen molar-refractivity contribution < 1.29 is 0 Å². The topological polar surface area (TPSA) is 28.7 Å². The van der Waals surface area contributed by atoms with Crippen LogP contribution in [0.5, 0.6) is 0 Å². The fraction of sp³-hybridized carbons (Fsp3) is 0. The van der Waals surface area contributed by atoms with Gasteiger partial charge < -0.3 is 4.98 Å². The lowest BCUT2D eigenvalue weighted by atomic mass is 10.1. The van der Waals surface area contributed by atoms with Gasteiger partial charge in [-0.1, -0.05) is 42.5 Å². The standard InChI is InChI=1S/C16H10N2S2/c19-15-9-11(10-5-1-2-6-12(10)17-15)16-18-13-7-3-4-8-14(13)20-16/h1-9H,(H,17,19). The summed E-state index contributed by atoms with van der Waals surface area (Å²) in [5.74, 6) is 0. The number of nitrogens with zero attached hydrogens (tertiary/aromatic N) is 1. The van der Waals surface area contributed by atoms with E-state index in [0.717, 1.165) is 31.6 Å². The predicted molar refractivity (Wildman–Crippen MR) is 87.7 cm³/mol. The third-order valence-electron chi connectivity index (χ3n) is 3.27. The van der Waals surface area contributed by atoms with Crippen LogP contribution in [0.25, 0.3) is 31.7 Å². The summed E-state index contributed by atoms with van der Waals surface area (Å²) in [4.78, 5) is 7.96. The first-order chi connectivity index (χ1) is 9.81. The van der Waals surface area contributed by atoms with E-state index < -0.39 is 0 Å². The molecule has 4 heteroatoms. The molecule has 4 rings (SSSR count). The average Bonchev–Trinajstić information content (AvgIpc) is 2.90. The van der Waals surface area contributed by atoms with E-state index in [1.165, 1.54) is 4.70 Å². The molecule has 2 aromatic heterocycles.